The highest BCUT2D eigenvalue weighted by Crippen LogP contribution is 2.46. The number of hydrogen-bond donors (Lipinski definition) is 0. The van der Waals surface area contributed by atoms with E-state index in [-0.39, 0.29) is 0 Å². The molecular formula is C48H30N2OS. The molecule has 0 amide bonds. The molecule has 0 spiro atoms. The van der Waals surface area contributed by atoms with Crippen molar-refractivity contribution in [2.45, 2.75) is 0 Å². The Hall–Kier alpha value is -6.62. The highest BCUT2D eigenvalue weighted by molar-refractivity contribution is 7.25. The van der Waals surface area contributed by atoms with Crippen molar-refractivity contribution in [2.24, 2.45) is 0 Å². The van der Waals surface area contributed by atoms with E-state index in [0.717, 1.165) is 44.7 Å². The summed E-state index contributed by atoms with van der Waals surface area (Å²) in [4.78, 5) is 2.41. The van der Waals surface area contributed by atoms with E-state index in [1.54, 1.807) is 0 Å². The van der Waals surface area contributed by atoms with Crippen LogP contribution in [0.25, 0.3) is 80.7 Å². The van der Waals surface area contributed by atoms with Crippen LogP contribution in [0.4, 0.5) is 17.1 Å². The van der Waals surface area contributed by atoms with Crippen molar-refractivity contribution in [3.63, 3.8) is 0 Å². The molecular weight excluding hydrogens is 653 g/mol. The van der Waals surface area contributed by atoms with E-state index in [1.165, 1.54) is 53.1 Å². The predicted octanol–water partition coefficient (Wildman–Crippen LogP) is 14.2. The summed E-state index contributed by atoms with van der Waals surface area (Å²) in [6.45, 7) is 0. The van der Waals surface area contributed by atoms with Crippen LogP contribution >= 0.6 is 11.3 Å². The molecule has 11 aromatic rings. The molecule has 3 heterocycles. The molecule has 3 aromatic heterocycles. The first kappa shape index (κ1) is 29.1. The van der Waals surface area contributed by atoms with Crippen molar-refractivity contribution in [3.05, 3.63) is 182 Å². The molecule has 0 unspecified atom stereocenters. The van der Waals surface area contributed by atoms with Gasteiger partial charge in [0.25, 0.3) is 0 Å². The van der Waals surface area contributed by atoms with Gasteiger partial charge in [0.2, 0.25) is 0 Å². The monoisotopic (exact) mass is 682 g/mol. The molecule has 0 bridgehead atoms. The summed E-state index contributed by atoms with van der Waals surface area (Å²) in [6, 6.07) is 65.5. The molecule has 0 aliphatic heterocycles. The molecule has 0 N–H and O–H groups in total. The zero-order chi connectivity index (χ0) is 34.2. The van der Waals surface area contributed by atoms with Gasteiger partial charge in [0.15, 0.2) is 0 Å². The SMILES string of the molecule is c1ccc(-c2ccc(-n3c4ccccc4c4cc(N(c5ccc6sc7ccccc7c6c5)c5cccc6oc7ccccc7c56)ccc43)cc2)cc1. The minimum absolute atomic E-state index is 0.877. The van der Waals surface area contributed by atoms with Crippen molar-refractivity contribution in [1.29, 1.82) is 0 Å². The normalized spacial score (nSPS) is 11.8. The minimum Gasteiger partial charge on any atom is -0.456 e. The van der Waals surface area contributed by atoms with Gasteiger partial charge in [0.05, 0.1) is 22.1 Å². The van der Waals surface area contributed by atoms with Gasteiger partial charge in [-0.3, -0.25) is 0 Å². The Morgan fingerprint density at radius 2 is 1.06 bits per heavy atom. The predicted molar refractivity (Wildman–Crippen MR) is 221 cm³/mol. The van der Waals surface area contributed by atoms with Crippen molar-refractivity contribution in [3.8, 4) is 16.8 Å². The van der Waals surface area contributed by atoms with E-state index >= 15 is 0 Å². The first-order chi connectivity index (χ1) is 25.8. The van der Waals surface area contributed by atoms with Crippen molar-refractivity contribution in [1.82, 2.24) is 4.57 Å². The van der Waals surface area contributed by atoms with Gasteiger partial charge in [0.1, 0.15) is 11.2 Å². The highest BCUT2D eigenvalue weighted by Gasteiger charge is 2.22. The summed E-state index contributed by atoms with van der Waals surface area (Å²) in [5.74, 6) is 0. The summed E-state index contributed by atoms with van der Waals surface area (Å²) in [5.41, 5.74) is 11.0. The van der Waals surface area contributed by atoms with E-state index in [1.807, 2.05) is 17.4 Å². The number of fused-ring (bicyclic) bond motifs is 9. The molecule has 0 saturated carbocycles. The second-order valence-electron chi connectivity index (χ2n) is 13.3. The van der Waals surface area contributed by atoms with Crippen LogP contribution in [-0.2, 0) is 0 Å². The van der Waals surface area contributed by atoms with Crippen molar-refractivity contribution < 1.29 is 4.42 Å². The van der Waals surface area contributed by atoms with Gasteiger partial charge in [0, 0.05) is 53.4 Å². The molecule has 0 aliphatic rings. The molecule has 244 valence electrons. The number of nitrogens with zero attached hydrogens (tertiary/aromatic N) is 2. The van der Waals surface area contributed by atoms with Gasteiger partial charge in [-0.15, -0.1) is 11.3 Å². The first-order valence-electron chi connectivity index (χ1n) is 17.6. The Labute approximate surface area is 303 Å². The van der Waals surface area contributed by atoms with Gasteiger partial charge in [-0.1, -0.05) is 103 Å². The molecule has 0 saturated heterocycles. The average Bonchev–Trinajstić information content (AvgIpc) is 3.88. The molecule has 0 radical (unpaired) electrons. The molecule has 0 fully saturated rings. The fraction of sp³-hybridized carbons (Fsp3) is 0. The first-order valence-corrected chi connectivity index (χ1v) is 18.4. The molecule has 8 aromatic carbocycles. The molecule has 11 rings (SSSR count). The smallest absolute Gasteiger partial charge is 0.137 e. The third-order valence-corrected chi connectivity index (χ3v) is 11.5. The van der Waals surface area contributed by atoms with Crippen molar-refractivity contribution in [2.75, 3.05) is 4.90 Å². The number of para-hydroxylation sites is 2. The Balaban J connectivity index is 1.15. The van der Waals surface area contributed by atoms with E-state index in [4.69, 9.17) is 4.42 Å². The fourth-order valence-electron chi connectivity index (χ4n) is 8.03. The maximum atomic E-state index is 6.42. The van der Waals surface area contributed by atoms with Crippen LogP contribution in [0.2, 0.25) is 0 Å². The summed E-state index contributed by atoms with van der Waals surface area (Å²) in [5, 5.41) is 7.19. The van der Waals surface area contributed by atoms with E-state index < -0.39 is 0 Å². The lowest BCUT2D eigenvalue weighted by Crippen LogP contribution is -2.10. The largest absolute Gasteiger partial charge is 0.456 e. The topological polar surface area (TPSA) is 21.3 Å². The number of thiophene rings is 1. The number of furan rings is 1. The summed E-state index contributed by atoms with van der Waals surface area (Å²) >= 11 is 1.85. The van der Waals surface area contributed by atoms with Crippen molar-refractivity contribution >= 4 is 92.3 Å². The fourth-order valence-corrected chi connectivity index (χ4v) is 9.12. The second-order valence-corrected chi connectivity index (χ2v) is 14.4. The Bertz CT molecular complexity index is 3130. The second kappa shape index (κ2) is 11.5. The Morgan fingerprint density at radius 3 is 1.92 bits per heavy atom. The van der Waals surface area contributed by atoms with Crippen LogP contribution in [0.5, 0.6) is 0 Å². The quantitative estimate of drug-likeness (QED) is 0.180. The Kier molecular flexibility index (Phi) is 6.42. The van der Waals surface area contributed by atoms with Gasteiger partial charge < -0.3 is 13.9 Å². The molecule has 0 aliphatic carbocycles. The number of hydrogen-bond acceptors (Lipinski definition) is 3. The lowest BCUT2D eigenvalue weighted by atomic mass is 10.1. The Morgan fingerprint density at radius 1 is 0.423 bits per heavy atom. The van der Waals surface area contributed by atoms with Gasteiger partial charge in [-0.25, -0.2) is 0 Å². The van der Waals surface area contributed by atoms with E-state index in [2.05, 4.69) is 185 Å². The lowest BCUT2D eigenvalue weighted by molar-refractivity contribution is 0.669. The summed E-state index contributed by atoms with van der Waals surface area (Å²) in [7, 11) is 0. The maximum Gasteiger partial charge on any atom is 0.137 e. The maximum absolute atomic E-state index is 6.42. The minimum atomic E-state index is 0.877. The number of anilines is 3. The van der Waals surface area contributed by atoms with Gasteiger partial charge >= 0.3 is 0 Å². The molecule has 52 heavy (non-hydrogen) atoms. The van der Waals surface area contributed by atoms with Crippen LogP contribution in [0.15, 0.2) is 186 Å². The molecule has 4 heteroatoms. The summed E-state index contributed by atoms with van der Waals surface area (Å²) in [6.07, 6.45) is 0. The van der Waals surface area contributed by atoms with Crippen LogP contribution < -0.4 is 4.90 Å². The van der Waals surface area contributed by atoms with Crippen LogP contribution in [0.3, 0.4) is 0 Å². The van der Waals surface area contributed by atoms with E-state index in [0.29, 0.717) is 0 Å². The van der Waals surface area contributed by atoms with E-state index in [9.17, 15) is 0 Å². The average molecular weight is 683 g/mol. The van der Waals surface area contributed by atoms with Gasteiger partial charge in [-0.2, -0.15) is 0 Å². The van der Waals surface area contributed by atoms with Crippen LogP contribution in [0.1, 0.15) is 0 Å². The number of benzene rings is 8. The third-order valence-electron chi connectivity index (χ3n) is 10.4. The summed E-state index contributed by atoms with van der Waals surface area (Å²) < 4.78 is 11.4. The van der Waals surface area contributed by atoms with Gasteiger partial charge in [-0.05, 0) is 90.0 Å². The number of aromatic nitrogens is 1. The number of rotatable bonds is 5. The zero-order valence-electron chi connectivity index (χ0n) is 28.0. The zero-order valence-corrected chi connectivity index (χ0v) is 28.8. The highest BCUT2D eigenvalue weighted by atomic mass is 32.1. The molecule has 3 nitrogen and oxygen atoms in total. The lowest BCUT2D eigenvalue weighted by Gasteiger charge is -2.26. The van der Waals surface area contributed by atoms with Crippen LogP contribution in [0, 0.1) is 0 Å². The van der Waals surface area contributed by atoms with Crippen LogP contribution in [-0.4, -0.2) is 4.57 Å². The standard InChI is InChI=1S/C48H30N2OS/c1-2-11-31(12-3-1)32-21-23-33(24-22-32)50-41-16-7-4-13-36(41)39-29-34(25-27-42(39)50)49(35-26-28-47-40(30-35)37-14-6-9-20-46(37)52-47)43-17-10-19-45-48(43)38-15-5-8-18-44(38)51-45/h1-30H. The molecule has 0 atom stereocenters. The third kappa shape index (κ3) is 4.45.